The number of fused-ring (bicyclic) bond motifs is 1. The maximum atomic E-state index is 13.3. The van der Waals surface area contributed by atoms with Crippen LogP contribution in [0.25, 0.3) is 11.1 Å². The first-order valence-electron chi connectivity index (χ1n) is 9.30. The van der Waals surface area contributed by atoms with Crippen LogP contribution in [0.2, 0.25) is 0 Å². The number of hydrogen-bond donors (Lipinski definition) is 0. The molecule has 0 saturated heterocycles. The minimum Gasteiger partial charge on any atom is -0.337 e. The Bertz CT molecular complexity index is 1270. The van der Waals surface area contributed by atoms with Crippen LogP contribution in [0.3, 0.4) is 0 Å². The van der Waals surface area contributed by atoms with E-state index < -0.39 is 0 Å². The van der Waals surface area contributed by atoms with E-state index in [0.29, 0.717) is 13.1 Å². The lowest BCUT2D eigenvalue weighted by Crippen LogP contribution is -2.37. The van der Waals surface area contributed by atoms with Crippen molar-refractivity contribution < 1.29 is 4.57 Å². The molecule has 1 aliphatic rings. The van der Waals surface area contributed by atoms with Crippen molar-refractivity contribution in [2.75, 3.05) is 11.9 Å². The Hall–Kier alpha value is -2.83. The fourth-order valence-corrected chi connectivity index (χ4v) is 5.73. The average Bonchev–Trinajstić information content (AvgIpc) is 3.22. The van der Waals surface area contributed by atoms with Gasteiger partial charge in [-0.3, -0.25) is 9.36 Å². The van der Waals surface area contributed by atoms with Crippen LogP contribution >= 0.6 is 23.1 Å². The van der Waals surface area contributed by atoms with Gasteiger partial charge in [0.05, 0.1) is 5.69 Å². The quantitative estimate of drug-likeness (QED) is 0.470. The number of allylic oxidation sites excluding steroid dienone is 2. The van der Waals surface area contributed by atoms with E-state index >= 15 is 0 Å². The molecule has 0 unspecified atom stereocenters. The average molecular weight is 421 g/mol. The predicted octanol–water partition coefficient (Wildman–Crippen LogP) is 2.71. The number of rotatable bonds is 5. The molecule has 4 rings (SSSR count). The SMILES string of the molecule is C=CCn1c(=Cc2cccc[n+]2CC=C)sc(=C2Sc3ccccc3N2C)c1=O. The molecule has 0 amide bonds. The molecular weight excluding hydrogens is 398 g/mol. The number of hydrogen-bond acceptors (Lipinski definition) is 4. The zero-order chi connectivity index (χ0) is 20.4. The molecule has 0 spiro atoms. The summed E-state index contributed by atoms with van der Waals surface area (Å²) in [5, 5.41) is 0.977. The van der Waals surface area contributed by atoms with Gasteiger partial charge in [-0.1, -0.05) is 36.5 Å². The second kappa shape index (κ2) is 8.27. The van der Waals surface area contributed by atoms with Crippen LogP contribution in [0.15, 0.2) is 83.7 Å². The molecule has 3 aromatic rings. The molecule has 1 aromatic carbocycles. The molecule has 0 saturated carbocycles. The third-order valence-electron chi connectivity index (χ3n) is 4.73. The molecule has 6 heteroatoms. The van der Waals surface area contributed by atoms with Gasteiger partial charge in [0.15, 0.2) is 12.7 Å². The molecule has 0 fully saturated rings. The summed E-state index contributed by atoms with van der Waals surface area (Å²) in [4.78, 5) is 16.6. The van der Waals surface area contributed by atoms with E-state index in [-0.39, 0.29) is 5.56 Å². The largest absolute Gasteiger partial charge is 0.337 e. The van der Waals surface area contributed by atoms with Crippen molar-refractivity contribution in [2.24, 2.45) is 0 Å². The smallest absolute Gasteiger partial charge is 0.272 e. The highest BCUT2D eigenvalue weighted by Crippen LogP contribution is 2.44. The second-order valence-corrected chi connectivity index (χ2v) is 8.68. The highest BCUT2D eigenvalue weighted by molar-refractivity contribution is 8.08. The van der Waals surface area contributed by atoms with Crippen LogP contribution in [0.1, 0.15) is 5.69 Å². The van der Waals surface area contributed by atoms with E-state index in [1.54, 1.807) is 22.4 Å². The molecule has 0 atom stereocenters. The number of thioether (sulfide) groups is 1. The summed E-state index contributed by atoms with van der Waals surface area (Å²) in [5.74, 6) is 0. The molecule has 1 aliphatic heterocycles. The van der Waals surface area contributed by atoms with Crippen LogP contribution in [-0.4, -0.2) is 11.6 Å². The van der Waals surface area contributed by atoms with Gasteiger partial charge in [0.2, 0.25) is 5.69 Å². The van der Waals surface area contributed by atoms with Crippen molar-refractivity contribution in [2.45, 2.75) is 18.0 Å². The Morgan fingerprint density at radius 2 is 1.90 bits per heavy atom. The van der Waals surface area contributed by atoms with Crippen LogP contribution < -0.4 is 24.2 Å². The third-order valence-corrected chi connectivity index (χ3v) is 7.21. The van der Waals surface area contributed by atoms with Crippen molar-refractivity contribution in [1.29, 1.82) is 0 Å². The Morgan fingerprint density at radius 1 is 1.10 bits per heavy atom. The molecule has 0 aliphatic carbocycles. The first-order valence-corrected chi connectivity index (χ1v) is 10.9. The highest BCUT2D eigenvalue weighted by Gasteiger charge is 2.24. The topological polar surface area (TPSA) is 29.1 Å². The molecule has 0 radical (unpaired) electrons. The highest BCUT2D eigenvalue weighted by atomic mass is 32.2. The predicted molar refractivity (Wildman–Crippen MR) is 123 cm³/mol. The first kappa shape index (κ1) is 19.5. The van der Waals surface area contributed by atoms with Gasteiger partial charge in [-0.25, -0.2) is 0 Å². The lowest BCUT2D eigenvalue weighted by molar-refractivity contribution is -0.688. The summed E-state index contributed by atoms with van der Waals surface area (Å²) in [7, 11) is 2.02. The molecule has 0 N–H and O–H groups in total. The minimum absolute atomic E-state index is 0.0227. The minimum atomic E-state index is 0.0227. The van der Waals surface area contributed by atoms with Crippen molar-refractivity contribution in [3.05, 3.63) is 99.2 Å². The number of aromatic nitrogens is 2. The van der Waals surface area contributed by atoms with Crippen LogP contribution in [0.5, 0.6) is 0 Å². The number of benzene rings is 1. The molecule has 29 heavy (non-hydrogen) atoms. The van der Waals surface area contributed by atoms with Gasteiger partial charge < -0.3 is 4.90 Å². The number of pyridine rings is 1. The van der Waals surface area contributed by atoms with Gasteiger partial charge in [0.1, 0.15) is 14.2 Å². The van der Waals surface area contributed by atoms with Gasteiger partial charge in [0.25, 0.3) is 5.56 Å². The lowest BCUT2D eigenvalue weighted by Gasteiger charge is -2.11. The van der Waals surface area contributed by atoms with E-state index in [4.69, 9.17) is 0 Å². The molecule has 4 nitrogen and oxygen atoms in total. The van der Waals surface area contributed by atoms with Crippen molar-refractivity contribution >= 4 is 39.9 Å². The summed E-state index contributed by atoms with van der Waals surface area (Å²) in [6, 6.07) is 14.3. The number of thiazole rings is 1. The number of nitrogens with zero attached hydrogens (tertiary/aromatic N) is 3. The van der Waals surface area contributed by atoms with Crippen molar-refractivity contribution in [3.8, 4) is 0 Å². The summed E-state index contributed by atoms with van der Waals surface area (Å²) >= 11 is 3.18. The first-order chi connectivity index (χ1) is 14.1. The number of anilines is 1. The molecule has 0 bridgehead atoms. The van der Waals surface area contributed by atoms with Crippen LogP contribution in [-0.2, 0) is 13.1 Å². The Labute approximate surface area is 178 Å². The molecule has 146 valence electrons. The number of para-hydroxylation sites is 1. The zero-order valence-corrected chi connectivity index (χ0v) is 17.9. The molecule has 2 aromatic heterocycles. The third kappa shape index (κ3) is 3.61. The van der Waals surface area contributed by atoms with Crippen LogP contribution in [0.4, 0.5) is 5.69 Å². The second-order valence-electron chi connectivity index (χ2n) is 6.62. The Morgan fingerprint density at radius 3 is 2.66 bits per heavy atom. The summed E-state index contributed by atoms with van der Waals surface area (Å²) in [6.45, 7) is 8.86. The normalized spacial score (nSPS) is 15.5. The van der Waals surface area contributed by atoms with E-state index in [1.165, 1.54) is 16.2 Å². The van der Waals surface area contributed by atoms with E-state index in [1.807, 2.05) is 49.7 Å². The standard InChI is InChI=1S/C23H22N3OS2/c1-4-13-25-15-9-8-10-17(25)16-20-26(14-5-2)22(27)21(29-20)23-24(3)18-11-6-7-12-19(18)28-23/h4-12,15-16H,1-2,13-14H2,3H3/q+1. The van der Waals surface area contributed by atoms with Gasteiger partial charge in [-0.15, -0.1) is 17.9 Å². The fraction of sp³-hybridized carbons (Fsp3) is 0.130. The Balaban J connectivity index is 1.94. The van der Waals surface area contributed by atoms with Gasteiger partial charge in [0, 0.05) is 36.7 Å². The zero-order valence-electron chi connectivity index (χ0n) is 16.2. The fourth-order valence-electron chi connectivity index (χ4n) is 3.32. The van der Waals surface area contributed by atoms with Crippen LogP contribution in [0, 0.1) is 0 Å². The van der Waals surface area contributed by atoms with E-state index in [0.717, 1.165) is 25.6 Å². The summed E-state index contributed by atoms with van der Waals surface area (Å²) in [5.41, 5.74) is 2.18. The molecule has 3 heterocycles. The monoisotopic (exact) mass is 420 g/mol. The molecular formula is C23H22N3OS2+. The summed E-state index contributed by atoms with van der Waals surface area (Å²) in [6.07, 6.45) is 7.72. The van der Waals surface area contributed by atoms with E-state index in [9.17, 15) is 4.79 Å². The summed E-state index contributed by atoms with van der Waals surface area (Å²) < 4.78 is 5.57. The maximum absolute atomic E-state index is 13.3. The maximum Gasteiger partial charge on any atom is 0.272 e. The van der Waals surface area contributed by atoms with Gasteiger partial charge in [-0.05, 0) is 24.3 Å². The lowest BCUT2D eigenvalue weighted by atomic mass is 10.3. The van der Waals surface area contributed by atoms with Crippen molar-refractivity contribution in [3.63, 3.8) is 0 Å². The van der Waals surface area contributed by atoms with Crippen molar-refractivity contribution in [1.82, 2.24) is 4.57 Å². The van der Waals surface area contributed by atoms with Gasteiger partial charge in [-0.2, -0.15) is 4.57 Å². The van der Waals surface area contributed by atoms with Gasteiger partial charge >= 0.3 is 0 Å². The van der Waals surface area contributed by atoms with E-state index in [2.05, 4.69) is 40.8 Å². The Kier molecular flexibility index (Phi) is 5.56.